The van der Waals surface area contributed by atoms with Crippen molar-refractivity contribution >= 4 is 17.7 Å². The van der Waals surface area contributed by atoms with Crippen LogP contribution < -0.4 is 4.48 Å². The van der Waals surface area contributed by atoms with Gasteiger partial charge in [-0.05, 0) is 42.8 Å². The van der Waals surface area contributed by atoms with Crippen molar-refractivity contribution in [1.82, 2.24) is 4.48 Å². The minimum absolute atomic E-state index is 0.000471. The second kappa shape index (κ2) is 6.17. The first-order chi connectivity index (χ1) is 8.94. The molecular weight excluding hydrogens is 240 g/mol. The van der Waals surface area contributed by atoms with Crippen molar-refractivity contribution in [3.63, 3.8) is 0 Å². The molecule has 0 aliphatic carbocycles. The third-order valence-electron chi connectivity index (χ3n) is 3.22. The zero-order valence-corrected chi connectivity index (χ0v) is 11.8. The molecule has 1 aromatic carbocycles. The van der Waals surface area contributed by atoms with E-state index in [1.165, 1.54) is 18.9 Å². The molecule has 19 heavy (non-hydrogen) atoms. The fourth-order valence-electron chi connectivity index (χ4n) is 1.57. The number of benzene rings is 1. The van der Waals surface area contributed by atoms with E-state index < -0.39 is 5.97 Å². The van der Waals surface area contributed by atoms with Crippen molar-refractivity contribution in [2.24, 2.45) is 0 Å². The van der Waals surface area contributed by atoms with Gasteiger partial charge in [0.15, 0.2) is 0 Å². The summed E-state index contributed by atoms with van der Waals surface area (Å²) in [5.41, 5.74) is 1.98. The largest absolute Gasteiger partial charge is 0.465 e. The first kappa shape index (κ1) is 14.9. The summed E-state index contributed by atoms with van der Waals surface area (Å²) < 4.78 is 5.32. The third-order valence-corrected chi connectivity index (χ3v) is 3.22. The van der Waals surface area contributed by atoms with Crippen LogP contribution in [0.5, 0.6) is 0 Å². The number of esters is 1. The Morgan fingerprint density at radius 1 is 1.37 bits per heavy atom. The smallest absolute Gasteiger partial charge is 0.348 e. The Bertz CT molecular complexity index is 522. The molecule has 0 N–H and O–H groups in total. The monoisotopic (exact) mass is 259 g/mol. The van der Waals surface area contributed by atoms with Gasteiger partial charge in [-0.25, -0.2) is 4.79 Å². The van der Waals surface area contributed by atoms with Crippen molar-refractivity contribution in [3.05, 3.63) is 35.4 Å². The predicted octanol–water partition coefficient (Wildman–Crippen LogP) is 2.35. The molecule has 0 aromatic heterocycles. The van der Waals surface area contributed by atoms with E-state index in [0.29, 0.717) is 0 Å². The molecule has 1 aromatic rings. The first-order valence-electron chi connectivity index (χ1n) is 6.08. The van der Waals surface area contributed by atoms with Crippen LogP contribution in [0.15, 0.2) is 29.8 Å². The van der Waals surface area contributed by atoms with Gasteiger partial charge in [-0.1, -0.05) is 0 Å². The molecule has 0 unspecified atom stereocenters. The number of nitrogens with zero attached hydrogens (tertiary/aromatic N) is 2. The van der Waals surface area contributed by atoms with E-state index in [0.717, 1.165) is 16.6 Å². The van der Waals surface area contributed by atoms with Crippen molar-refractivity contribution in [1.29, 1.82) is 5.26 Å². The van der Waals surface area contributed by atoms with Crippen LogP contribution in [0.25, 0.3) is 6.08 Å². The molecule has 0 aliphatic rings. The van der Waals surface area contributed by atoms with Crippen molar-refractivity contribution in [2.75, 3.05) is 27.7 Å². The summed E-state index contributed by atoms with van der Waals surface area (Å²) >= 11 is 0. The summed E-state index contributed by atoms with van der Waals surface area (Å²) in [7, 11) is 5.51. The maximum atomic E-state index is 11.3. The number of methoxy groups -OCH3 is 1. The Balaban J connectivity index is 3.04. The summed E-state index contributed by atoms with van der Waals surface area (Å²) in [5.74, 6) is -0.615. The maximum Gasteiger partial charge on any atom is 0.348 e. The molecule has 0 heterocycles. The molecule has 0 amide bonds. The molecular formula is C15H19N2O2+. The van der Waals surface area contributed by atoms with E-state index >= 15 is 0 Å². The number of nitriles is 1. The van der Waals surface area contributed by atoms with E-state index in [4.69, 9.17) is 5.26 Å². The third kappa shape index (κ3) is 3.67. The quantitative estimate of drug-likeness (QED) is 0.361. The van der Waals surface area contributed by atoms with Crippen LogP contribution in [0, 0.1) is 11.3 Å². The van der Waals surface area contributed by atoms with Crippen LogP contribution in [-0.2, 0) is 9.53 Å². The number of quaternary nitrogens is 1. The van der Waals surface area contributed by atoms with Crippen LogP contribution in [-0.4, -0.2) is 33.7 Å². The zero-order valence-electron chi connectivity index (χ0n) is 11.8. The van der Waals surface area contributed by atoms with Crippen molar-refractivity contribution in [2.45, 2.75) is 6.92 Å². The Kier molecular flexibility index (Phi) is 4.85. The molecule has 4 heteroatoms. The van der Waals surface area contributed by atoms with E-state index in [-0.39, 0.29) is 5.57 Å². The zero-order chi connectivity index (χ0) is 14.5. The van der Waals surface area contributed by atoms with Crippen molar-refractivity contribution < 1.29 is 9.53 Å². The lowest BCUT2D eigenvalue weighted by molar-refractivity contribution is -0.135. The van der Waals surface area contributed by atoms with Crippen LogP contribution in [0.4, 0.5) is 5.69 Å². The highest BCUT2D eigenvalue weighted by Gasteiger charge is 2.15. The summed E-state index contributed by atoms with van der Waals surface area (Å²) in [5, 5.41) is 8.89. The second-order valence-electron chi connectivity index (χ2n) is 4.75. The van der Waals surface area contributed by atoms with Crippen molar-refractivity contribution in [3.8, 4) is 6.07 Å². The lowest BCUT2D eigenvalue weighted by Crippen LogP contribution is -2.39. The summed E-state index contributed by atoms with van der Waals surface area (Å²) in [4.78, 5) is 11.3. The van der Waals surface area contributed by atoms with Gasteiger partial charge in [0, 0.05) is 0 Å². The minimum Gasteiger partial charge on any atom is -0.465 e. The standard InChI is InChI=1S/C15H19N2O2/c1-5-17(2,3)14-8-6-12(7-9-14)10-13(11-16)15(18)19-4/h6-10H,5H2,1-4H3/q+1. The van der Waals surface area contributed by atoms with Crippen LogP contribution >= 0.6 is 0 Å². The molecule has 0 atom stereocenters. The van der Waals surface area contributed by atoms with Gasteiger partial charge < -0.3 is 4.74 Å². The number of rotatable bonds is 4. The highest BCUT2D eigenvalue weighted by atomic mass is 16.5. The molecule has 0 spiro atoms. The van der Waals surface area contributed by atoms with E-state index in [1.54, 1.807) is 0 Å². The Morgan fingerprint density at radius 3 is 2.37 bits per heavy atom. The molecule has 0 radical (unpaired) electrons. The normalized spacial score (nSPS) is 11.8. The molecule has 0 aliphatic heterocycles. The lowest BCUT2D eigenvalue weighted by atomic mass is 10.1. The Morgan fingerprint density at radius 2 is 1.95 bits per heavy atom. The second-order valence-corrected chi connectivity index (χ2v) is 4.75. The molecule has 0 saturated carbocycles. The maximum absolute atomic E-state index is 11.3. The molecule has 0 saturated heterocycles. The number of hydrogen-bond acceptors (Lipinski definition) is 3. The first-order valence-corrected chi connectivity index (χ1v) is 6.08. The van der Waals surface area contributed by atoms with Gasteiger partial charge in [-0.3, -0.25) is 4.48 Å². The van der Waals surface area contributed by atoms with Gasteiger partial charge in [0.05, 0.1) is 27.7 Å². The topological polar surface area (TPSA) is 50.1 Å². The number of carbonyl (C=O) groups is 1. The fraction of sp³-hybridized carbons (Fsp3) is 0.333. The van der Waals surface area contributed by atoms with Gasteiger partial charge in [0.1, 0.15) is 17.3 Å². The van der Waals surface area contributed by atoms with Gasteiger partial charge in [-0.2, -0.15) is 5.26 Å². The number of ether oxygens (including phenoxy) is 1. The highest BCUT2D eigenvalue weighted by molar-refractivity contribution is 5.97. The predicted molar refractivity (Wildman–Crippen MR) is 76.2 cm³/mol. The van der Waals surface area contributed by atoms with Gasteiger partial charge in [0.2, 0.25) is 0 Å². The summed E-state index contributed by atoms with van der Waals surface area (Å²) in [6, 6.07) is 9.63. The van der Waals surface area contributed by atoms with E-state index in [1.807, 2.05) is 30.3 Å². The van der Waals surface area contributed by atoms with Crippen LogP contribution in [0.1, 0.15) is 12.5 Å². The van der Waals surface area contributed by atoms with Gasteiger partial charge in [0.25, 0.3) is 0 Å². The summed E-state index contributed by atoms with van der Waals surface area (Å²) in [6.07, 6.45) is 1.53. The number of carbonyl (C=O) groups excluding carboxylic acids is 1. The SMILES string of the molecule is CC[N+](C)(C)c1ccc(C=C(C#N)C(=O)OC)cc1. The Hall–Kier alpha value is -2.12. The average Bonchev–Trinajstić information content (AvgIpc) is 2.44. The summed E-state index contributed by atoms with van der Waals surface area (Å²) in [6.45, 7) is 3.11. The van der Waals surface area contributed by atoms with Gasteiger partial charge in [-0.15, -0.1) is 0 Å². The van der Waals surface area contributed by atoms with E-state index in [9.17, 15) is 4.79 Å². The molecule has 100 valence electrons. The van der Waals surface area contributed by atoms with Crippen LogP contribution in [0.2, 0.25) is 0 Å². The molecule has 4 nitrogen and oxygen atoms in total. The van der Waals surface area contributed by atoms with E-state index in [2.05, 4.69) is 25.8 Å². The fourth-order valence-corrected chi connectivity index (χ4v) is 1.57. The van der Waals surface area contributed by atoms with Crippen LogP contribution in [0.3, 0.4) is 0 Å². The minimum atomic E-state index is -0.615. The van der Waals surface area contributed by atoms with Gasteiger partial charge >= 0.3 is 5.97 Å². The lowest BCUT2D eigenvalue weighted by Gasteiger charge is -2.27. The molecule has 0 bridgehead atoms. The average molecular weight is 259 g/mol. The molecule has 0 fully saturated rings. The molecule has 1 rings (SSSR count). The number of hydrogen-bond donors (Lipinski definition) is 0. The Labute approximate surface area is 114 Å². The highest BCUT2D eigenvalue weighted by Crippen LogP contribution is 2.20.